The van der Waals surface area contributed by atoms with Crippen molar-refractivity contribution in [1.29, 1.82) is 0 Å². The molecular formula is C33H31F3N4O4. The number of hydrogen-bond donors (Lipinski definition) is 1. The summed E-state index contributed by atoms with van der Waals surface area (Å²) in [5.41, 5.74) is 1.59. The second-order valence-electron chi connectivity index (χ2n) is 11.4. The summed E-state index contributed by atoms with van der Waals surface area (Å²) in [7, 11) is 0. The Morgan fingerprint density at radius 2 is 1.68 bits per heavy atom. The van der Waals surface area contributed by atoms with E-state index in [1.165, 1.54) is 17.7 Å². The maximum atomic E-state index is 13.8. The number of ether oxygens (including phenoxy) is 1. The van der Waals surface area contributed by atoms with E-state index in [4.69, 9.17) is 4.74 Å². The Labute approximate surface area is 252 Å². The third kappa shape index (κ3) is 6.04. The van der Waals surface area contributed by atoms with Crippen LogP contribution in [0.1, 0.15) is 64.3 Å². The fourth-order valence-electron chi connectivity index (χ4n) is 5.75. The average Bonchev–Trinajstić information content (AvgIpc) is 3.76. The van der Waals surface area contributed by atoms with Crippen molar-refractivity contribution in [3.63, 3.8) is 0 Å². The smallest absolute Gasteiger partial charge is 0.434 e. The number of benzene rings is 2. The number of carboxylic acid groups (broad SMARTS) is 1. The minimum atomic E-state index is -4.96. The van der Waals surface area contributed by atoms with Crippen LogP contribution in [0.3, 0.4) is 0 Å². The number of carbonyl (C=O) groups excluding carboxylic acids is 1. The lowest BCUT2D eigenvalue weighted by molar-refractivity contribution is -0.143. The predicted octanol–water partition coefficient (Wildman–Crippen LogP) is 6.65. The van der Waals surface area contributed by atoms with Gasteiger partial charge in [0.15, 0.2) is 11.5 Å². The Morgan fingerprint density at radius 3 is 2.34 bits per heavy atom. The standard InChI is InChI=1S/C33H31F3N4O4/c1-20-4-2-5-25(27-6-3-7-28(38-27)40-30(33(34,35)36)26(18-37-40)32(42)43)29(20)44-19-21-8-10-22(11-9-21)23-14-16-39(17-15-23)31(41)24-12-13-24/h2-11,18,23-24H,12-17,19H2,1H3,(H,42,43). The average molecular weight is 605 g/mol. The fraction of sp³-hybridized carbons (Fsp3) is 0.333. The van der Waals surface area contributed by atoms with Gasteiger partial charge in [-0.05, 0) is 73.4 Å². The molecule has 8 nitrogen and oxygen atoms in total. The van der Waals surface area contributed by atoms with E-state index in [1.54, 1.807) is 12.1 Å². The first-order valence-corrected chi connectivity index (χ1v) is 14.6. The van der Waals surface area contributed by atoms with E-state index in [0.29, 0.717) is 39.7 Å². The molecule has 0 spiro atoms. The zero-order chi connectivity index (χ0) is 31.0. The zero-order valence-electron chi connectivity index (χ0n) is 24.1. The number of para-hydroxylation sites is 1. The highest BCUT2D eigenvalue weighted by Gasteiger charge is 2.41. The molecule has 6 rings (SSSR count). The molecule has 1 aliphatic heterocycles. The molecule has 2 aromatic carbocycles. The van der Waals surface area contributed by atoms with Gasteiger partial charge in [-0.2, -0.15) is 18.3 Å². The normalized spacial score (nSPS) is 15.8. The summed E-state index contributed by atoms with van der Waals surface area (Å²) in [6.45, 7) is 3.75. The highest BCUT2D eigenvalue weighted by Crippen LogP contribution is 2.37. The molecule has 44 heavy (non-hydrogen) atoms. The van der Waals surface area contributed by atoms with Crippen LogP contribution in [0.2, 0.25) is 0 Å². The molecule has 1 N–H and O–H groups in total. The molecule has 2 aliphatic rings. The van der Waals surface area contributed by atoms with Crippen molar-refractivity contribution in [3.8, 4) is 22.8 Å². The van der Waals surface area contributed by atoms with Gasteiger partial charge in [-0.15, -0.1) is 0 Å². The Hall–Kier alpha value is -4.67. The number of piperidine rings is 1. The van der Waals surface area contributed by atoms with Crippen molar-refractivity contribution in [2.75, 3.05) is 13.1 Å². The van der Waals surface area contributed by atoms with Gasteiger partial charge in [0.05, 0.1) is 11.9 Å². The molecule has 11 heteroatoms. The van der Waals surface area contributed by atoms with Gasteiger partial charge in [0.25, 0.3) is 0 Å². The van der Waals surface area contributed by atoms with Gasteiger partial charge in [0.1, 0.15) is 17.9 Å². The minimum absolute atomic E-state index is 0.173. The number of likely N-dealkylation sites (tertiary alicyclic amines) is 1. The summed E-state index contributed by atoms with van der Waals surface area (Å²) in [5.74, 6) is -0.385. The number of aromatic nitrogens is 3. The van der Waals surface area contributed by atoms with Crippen molar-refractivity contribution in [2.45, 2.75) is 51.3 Å². The molecule has 2 fully saturated rings. The van der Waals surface area contributed by atoms with E-state index in [9.17, 15) is 27.9 Å². The summed E-state index contributed by atoms with van der Waals surface area (Å²) in [6.07, 6.45) is -0.329. The molecular weight excluding hydrogens is 573 g/mol. The van der Waals surface area contributed by atoms with E-state index < -0.39 is 23.4 Å². The Morgan fingerprint density at radius 1 is 0.977 bits per heavy atom. The zero-order valence-corrected chi connectivity index (χ0v) is 24.1. The number of hydrogen-bond acceptors (Lipinski definition) is 5. The lowest BCUT2D eigenvalue weighted by atomic mass is 9.89. The van der Waals surface area contributed by atoms with Crippen molar-refractivity contribution in [2.24, 2.45) is 5.92 Å². The number of carbonyl (C=O) groups is 2. The predicted molar refractivity (Wildman–Crippen MR) is 156 cm³/mol. The van der Waals surface area contributed by atoms with Crippen molar-refractivity contribution in [3.05, 3.63) is 94.8 Å². The highest BCUT2D eigenvalue weighted by atomic mass is 19.4. The van der Waals surface area contributed by atoms with Crippen LogP contribution in [0, 0.1) is 12.8 Å². The largest absolute Gasteiger partial charge is 0.488 e. The van der Waals surface area contributed by atoms with Crippen LogP contribution in [-0.4, -0.2) is 49.7 Å². The second kappa shape index (κ2) is 11.8. The first kappa shape index (κ1) is 29.4. The highest BCUT2D eigenvalue weighted by molar-refractivity contribution is 5.89. The van der Waals surface area contributed by atoms with E-state index in [0.717, 1.165) is 49.9 Å². The summed E-state index contributed by atoms with van der Waals surface area (Å²) in [4.78, 5) is 30.2. The first-order valence-electron chi connectivity index (χ1n) is 14.6. The maximum absolute atomic E-state index is 13.8. The van der Waals surface area contributed by atoms with Gasteiger partial charge in [-0.25, -0.2) is 14.5 Å². The molecule has 0 bridgehead atoms. The molecule has 0 radical (unpaired) electrons. The van der Waals surface area contributed by atoms with Gasteiger partial charge in [-0.1, -0.05) is 42.5 Å². The van der Waals surface area contributed by atoms with Crippen LogP contribution in [0.5, 0.6) is 5.75 Å². The van der Waals surface area contributed by atoms with Crippen LogP contribution >= 0.6 is 0 Å². The fourth-order valence-corrected chi connectivity index (χ4v) is 5.75. The summed E-state index contributed by atoms with van der Waals surface area (Å²) in [5, 5.41) is 13.0. The maximum Gasteiger partial charge on any atom is 0.434 e. The molecule has 3 heterocycles. The van der Waals surface area contributed by atoms with Crippen LogP contribution in [0.4, 0.5) is 13.2 Å². The van der Waals surface area contributed by atoms with Crippen molar-refractivity contribution in [1.82, 2.24) is 19.7 Å². The lowest BCUT2D eigenvalue weighted by Crippen LogP contribution is -2.38. The summed E-state index contributed by atoms with van der Waals surface area (Å²) in [6, 6.07) is 18.3. The van der Waals surface area contributed by atoms with Crippen LogP contribution in [0.15, 0.2) is 66.9 Å². The number of nitrogens with zero attached hydrogens (tertiary/aromatic N) is 4. The van der Waals surface area contributed by atoms with Crippen LogP contribution < -0.4 is 4.74 Å². The number of amides is 1. The number of aromatic carboxylic acids is 1. The minimum Gasteiger partial charge on any atom is -0.488 e. The van der Waals surface area contributed by atoms with Crippen molar-refractivity contribution < 1.29 is 32.6 Å². The van der Waals surface area contributed by atoms with Gasteiger partial charge in [0.2, 0.25) is 5.91 Å². The van der Waals surface area contributed by atoms with Gasteiger partial charge in [-0.3, -0.25) is 4.79 Å². The summed E-state index contributed by atoms with van der Waals surface area (Å²) < 4.78 is 48.2. The quantitative estimate of drug-likeness (QED) is 0.242. The van der Waals surface area contributed by atoms with Crippen LogP contribution in [-0.2, 0) is 17.6 Å². The Balaban J connectivity index is 1.18. The van der Waals surface area contributed by atoms with Gasteiger partial charge in [0, 0.05) is 24.6 Å². The van der Waals surface area contributed by atoms with E-state index in [-0.39, 0.29) is 18.3 Å². The number of alkyl halides is 3. The molecule has 1 saturated carbocycles. The molecule has 1 saturated heterocycles. The topological polar surface area (TPSA) is 97.6 Å². The monoisotopic (exact) mass is 604 g/mol. The van der Waals surface area contributed by atoms with Gasteiger partial charge >= 0.3 is 12.1 Å². The lowest BCUT2D eigenvalue weighted by Gasteiger charge is -2.32. The third-order valence-electron chi connectivity index (χ3n) is 8.27. The van der Waals surface area contributed by atoms with Gasteiger partial charge < -0.3 is 14.7 Å². The molecule has 0 atom stereocenters. The number of aryl methyl sites for hydroxylation is 1. The Bertz CT molecular complexity index is 1690. The molecule has 1 aliphatic carbocycles. The molecule has 228 valence electrons. The number of pyridine rings is 1. The molecule has 1 amide bonds. The van der Waals surface area contributed by atoms with Crippen LogP contribution in [0.25, 0.3) is 17.1 Å². The van der Waals surface area contributed by atoms with E-state index >= 15 is 0 Å². The molecule has 4 aromatic rings. The molecule has 2 aromatic heterocycles. The first-order chi connectivity index (χ1) is 21.1. The third-order valence-corrected chi connectivity index (χ3v) is 8.27. The SMILES string of the molecule is Cc1cccc(-c2cccc(-n3ncc(C(=O)O)c3C(F)(F)F)n2)c1OCc1ccc(C2CCN(C(=O)C3CC3)CC2)cc1. The number of carboxylic acids is 1. The number of halogens is 3. The number of rotatable bonds is 8. The Kier molecular flexibility index (Phi) is 7.87. The van der Waals surface area contributed by atoms with Crippen molar-refractivity contribution >= 4 is 11.9 Å². The van der Waals surface area contributed by atoms with E-state index in [1.807, 2.05) is 36.1 Å². The van der Waals surface area contributed by atoms with E-state index in [2.05, 4.69) is 22.2 Å². The summed E-state index contributed by atoms with van der Waals surface area (Å²) >= 11 is 0. The molecule has 0 unspecified atom stereocenters. The second-order valence-corrected chi connectivity index (χ2v) is 11.4.